The lowest BCUT2D eigenvalue weighted by molar-refractivity contribution is 0.580. The Morgan fingerprint density at radius 1 is 1.35 bits per heavy atom. The Labute approximate surface area is 121 Å². The van der Waals surface area contributed by atoms with Gasteiger partial charge in [0.25, 0.3) is 0 Å². The van der Waals surface area contributed by atoms with E-state index in [1.165, 1.54) is 29.5 Å². The van der Waals surface area contributed by atoms with E-state index < -0.39 is 15.8 Å². The Hall–Kier alpha value is -1.31. The molecule has 0 amide bonds. The van der Waals surface area contributed by atoms with Crippen LogP contribution in [0.2, 0.25) is 0 Å². The number of aryl methyl sites for hydroxylation is 2. The molecule has 4 nitrogen and oxygen atoms in total. The zero-order valence-electron chi connectivity index (χ0n) is 11.2. The standard InChI is InChI=1S/C13H15FN2O2S2/c1-9-13(19-10(2)16-9)7-15-20(17,18)8-11-4-3-5-12(14)6-11/h3-6,15H,7-8H2,1-2H3. The highest BCUT2D eigenvalue weighted by molar-refractivity contribution is 7.88. The van der Waals surface area contributed by atoms with Crippen LogP contribution in [0.1, 0.15) is 21.1 Å². The third-order valence-electron chi connectivity index (χ3n) is 2.70. The fourth-order valence-corrected chi connectivity index (χ4v) is 3.86. The van der Waals surface area contributed by atoms with Crippen molar-refractivity contribution in [2.24, 2.45) is 0 Å². The molecule has 20 heavy (non-hydrogen) atoms. The quantitative estimate of drug-likeness (QED) is 0.922. The second-order valence-corrected chi connectivity index (χ2v) is 7.55. The predicted molar refractivity (Wildman–Crippen MR) is 77.5 cm³/mol. The van der Waals surface area contributed by atoms with Crippen molar-refractivity contribution in [2.75, 3.05) is 0 Å². The first kappa shape index (κ1) is 15.1. The fraction of sp³-hybridized carbons (Fsp3) is 0.308. The number of hydrogen-bond acceptors (Lipinski definition) is 4. The van der Waals surface area contributed by atoms with E-state index >= 15 is 0 Å². The number of thiazole rings is 1. The summed E-state index contributed by atoms with van der Waals surface area (Å²) < 4.78 is 39.5. The lowest BCUT2D eigenvalue weighted by atomic mass is 10.2. The summed E-state index contributed by atoms with van der Waals surface area (Å²) >= 11 is 1.47. The summed E-state index contributed by atoms with van der Waals surface area (Å²) in [5.41, 5.74) is 1.26. The van der Waals surface area contributed by atoms with Gasteiger partial charge in [-0.15, -0.1) is 11.3 Å². The van der Waals surface area contributed by atoms with Gasteiger partial charge in [0.15, 0.2) is 0 Å². The molecule has 0 aliphatic heterocycles. The topological polar surface area (TPSA) is 59.1 Å². The maximum Gasteiger partial charge on any atom is 0.216 e. The lowest BCUT2D eigenvalue weighted by Crippen LogP contribution is -2.24. The summed E-state index contributed by atoms with van der Waals surface area (Å²) in [6.45, 7) is 3.94. The van der Waals surface area contributed by atoms with Gasteiger partial charge in [-0.1, -0.05) is 12.1 Å². The van der Waals surface area contributed by atoms with Crippen molar-refractivity contribution in [3.8, 4) is 0 Å². The zero-order chi connectivity index (χ0) is 14.8. The molecule has 1 N–H and O–H groups in total. The van der Waals surface area contributed by atoms with Gasteiger partial charge in [0.2, 0.25) is 10.0 Å². The van der Waals surface area contributed by atoms with E-state index in [-0.39, 0.29) is 12.3 Å². The van der Waals surface area contributed by atoms with Gasteiger partial charge in [0, 0.05) is 11.4 Å². The van der Waals surface area contributed by atoms with E-state index in [1.807, 2.05) is 13.8 Å². The monoisotopic (exact) mass is 314 g/mol. The van der Waals surface area contributed by atoms with E-state index in [0.29, 0.717) is 5.56 Å². The fourth-order valence-electron chi connectivity index (χ4n) is 1.81. The molecule has 0 radical (unpaired) electrons. The number of nitrogens with one attached hydrogen (secondary N) is 1. The summed E-state index contributed by atoms with van der Waals surface area (Å²) in [5, 5.41) is 0.904. The molecule has 1 heterocycles. The molecule has 0 bridgehead atoms. The van der Waals surface area contributed by atoms with Crippen molar-refractivity contribution in [2.45, 2.75) is 26.1 Å². The predicted octanol–water partition coefficient (Wildman–Crippen LogP) is 2.52. The van der Waals surface area contributed by atoms with Crippen LogP contribution in [0, 0.1) is 19.7 Å². The Morgan fingerprint density at radius 3 is 2.70 bits per heavy atom. The van der Waals surface area contributed by atoms with Crippen molar-refractivity contribution in [1.82, 2.24) is 9.71 Å². The van der Waals surface area contributed by atoms with Gasteiger partial charge in [-0.25, -0.2) is 22.5 Å². The van der Waals surface area contributed by atoms with Gasteiger partial charge < -0.3 is 0 Å². The maximum atomic E-state index is 13.0. The number of aromatic nitrogens is 1. The van der Waals surface area contributed by atoms with Crippen molar-refractivity contribution < 1.29 is 12.8 Å². The summed E-state index contributed by atoms with van der Waals surface area (Å²) in [6.07, 6.45) is 0. The summed E-state index contributed by atoms with van der Waals surface area (Å²) in [4.78, 5) is 5.14. The van der Waals surface area contributed by atoms with Gasteiger partial charge in [-0.05, 0) is 31.5 Å². The minimum atomic E-state index is -3.49. The molecular weight excluding hydrogens is 299 g/mol. The lowest BCUT2D eigenvalue weighted by Gasteiger charge is -2.06. The highest BCUT2D eigenvalue weighted by Gasteiger charge is 2.13. The number of halogens is 1. The van der Waals surface area contributed by atoms with Gasteiger partial charge in [0.05, 0.1) is 16.5 Å². The van der Waals surface area contributed by atoms with Crippen molar-refractivity contribution in [1.29, 1.82) is 0 Å². The summed E-state index contributed by atoms with van der Waals surface area (Å²) in [7, 11) is -3.49. The number of benzene rings is 1. The van der Waals surface area contributed by atoms with Crippen LogP contribution in [0.4, 0.5) is 4.39 Å². The number of rotatable bonds is 5. The second kappa shape index (κ2) is 5.99. The first-order valence-corrected chi connectivity index (χ1v) is 8.47. The molecule has 108 valence electrons. The van der Waals surface area contributed by atoms with E-state index in [9.17, 15) is 12.8 Å². The van der Waals surface area contributed by atoms with Crippen LogP contribution in [0.5, 0.6) is 0 Å². The minimum absolute atomic E-state index is 0.217. The molecule has 0 saturated heterocycles. The zero-order valence-corrected chi connectivity index (χ0v) is 12.8. The molecule has 2 rings (SSSR count). The SMILES string of the molecule is Cc1nc(C)c(CNS(=O)(=O)Cc2cccc(F)c2)s1. The number of hydrogen-bond donors (Lipinski definition) is 1. The molecule has 0 atom stereocenters. The minimum Gasteiger partial charge on any atom is -0.247 e. The molecule has 0 aliphatic carbocycles. The number of nitrogens with zero attached hydrogens (tertiary/aromatic N) is 1. The van der Waals surface area contributed by atoms with E-state index in [0.717, 1.165) is 15.6 Å². The highest BCUT2D eigenvalue weighted by Crippen LogP contribution is 2.17. The first-order chi connectivity index (χ1) is 9.35. The largest absolute Gasteiger partial charge is 0.247 e. The maximum absolute atomic E-state index is 13.0. The molecule has 0 spiro atoms. The summed E-state index contributed by atoms with van der Waals surface area (Å²) in [6, 6.07) is 5.59. The van der Waals surface area contributed by atoms with Crippen LogP contribution >= 0.6 is 11.3 Å². The smallest absolute Gasteiger partial charge is 0.216 e. The molecule has 0 fully saturated rings. The van der Waals surface area contributed by atoms with Crippen LogP contribution in [-0.4, -0.2) is 13.4 Å². The molecule has 1 aromatic heterocycles. The molecule has 0 unspecified atom stereocenters. The van der Waals surface area contributed by atoms with Gasteiger partial charge in [-0.2, -0.15) is 0 Å². The van der Waals surface area contributed by atoms with Crippen LogP contribution < -0.4 is 4.72 Å². The van der Waals surface area contributed by atoms with E-state index in [1.54, 1.807) is 6.07 Å². The van der Waals surface area contributed by atoms with Gasteiger partial charge >= 0.3 is 0 Å². The van der Waals surface area contributed by atoms with Gasteiger partial charge in [-0.3, -0.25) is 0 Å². The van der Waals surface area contributed by atoms with Crippen molar-refractivity contribution in [3.63, 3.8) is 0 Å². The Morgan fingerprint density at radius 2 is 2.10 bits per heavy atom. The highest BCUT2D eigenvalue weighted by atomic mass is 32.2. The van der Waals surface area contributed by atoms with Crippen LogP contribution in [0.15, 0.2) is 24.3 Å². The Kier molecular flexibility index (Phi) is 4.52. The van der Waals surface area contributed by atoms with E-state index in [2.05, 4.69) is 9.71 Å². The number of sulfonamides is 1. The normalized spacial score (nSPS) is 11.8. The molecule has 7 heteroatoms. The molecular formula is C13H15FN2O2S2. The second-order valence-electron chi connectivity index (χ2n) is 4.45. The molecule has 0 aliphatic rings. The molecule has 0 saturated carbocycles. The third-order valence-corrected chi connectivity index (χ3v) is 5.07. The Balaban J connectivity index is 2.03. The van der Waals surface area contributed by atoms with E-state index in [4.69, 9.17) is 0 Å². The Bertz CT molecular complexity index is 711. The average molecular weight is 314 g/mol. The third kappa shape index (κ3) is 4.09. The molecule has 1 aromatic carbocycles. The van der Waals surface area contributed by atoms with Crippen LogP contribution in [0.3, 0.4) is 0 Å². The van der Waals surface area contributed by atoms with Crippen LogP contribution in [0.25, 0.3) is 0 Å². The van der Waals surface area contributed by atoms with Gasteiger partial charge in [0.1, 0.15) is 5.82 Å². The van der Waals surface area contributed by atoms with Crippen LogP contribution in [-0.2, 0) is 22.3 Å². The summed E-state index contributed by atoms with van der Waals surface area (Å²) in [5.74, 6) is -0.673. The molecule has 2 aromatic rings. The van der Waals surface area contributed by atoms with Crippen molar-refractivity contribution in [3.05, 3.63) is 51.2 Å². The van der Waals surface area contributed by atoms with Crippen molar-refractivity contribution >= 4 is 21.4 Å². The average Bonchev–Trinajstić information content (AvgIpc) is 2.65. The first-order valence-electron chi connectivity index (χ1n) is 6.00.